The van der Waals surface area contributed by atoms with Gasteiger partial charge in [0.05, 0.1) is 0 Å². The molecule has 0 amide bonds. The summed E-state index contributed by atoms with van der Waals surface area (Å²) in [6, 6.07) is 0. The normalized spacial score (nSPS) is 26.0. The number of hydrogen-bond acceptors (Lipinski definition) is 3. The van der Waals surface area contributed by atoms with Crippen molar-refractivity contribution in [2.45, 2.75) is 18.0 Å². The van der Waals surface area contributed by atoms with Gasteiger partial charge in [-0.05, 0) is 36.4 Å². The van der Waals surface area contributed by atoms with Gasteiger partial charge >= 0.3 is 0 Å². The van der Waals surface area contributed by atoms with Crippen LogP contribution in [0.4, 0.5) is 0 Å². The minimum atomic E-state index is 0.218. The second kappa shape index (κ2) is 2.86. The van der Waals surface area contributed by atoms with Crippen molar-refractivity contribution in [3.05, 3.63) is 0 Å². The highest BCUT2D eigenvalue weighted by molar-refractivity contribution is 14.1. The largest absolute Gasteiger partial charge is 0.333 e. The molecule has 0 saturated heterocycles. The second-order valence-electron chi connectivity index (χ2n) is 2.26. The van der Waals surface area contributed by atoms with E-state index in [4.69, 9.17) is 0 Å². The van der Waals surface area contributed by atoms with E-state index in [1.54, 1.807) is 0 Å². The SMILES string of the molecule is CC1=NC(I)N(C)C(C)=N1. The first-order valence-electron chi connectivity index (χ1n) is 3.08. The summed E-state index contributed by atoms with van der Waals surface area (Å²) >= 11 is 2.27. The third kappa shape index (κ3) is 1.47. The van der Waals surface area contributed by atoms with Crippen LogP contribution in [0.15, 0.2) is 9.98 Å². The maximum absolute atomic E-state index is 4.26. The summed E-state index contributed by atoms with van der Waals surface area (Å²) in [5.41, 5.74) is 0. The molecule has 0 aromatic rings. The van der Waals surface area contributed by atoms with Crippen LogP contribution in [0.25, 0.3) is 0 Å². The Morgan fingerprint density at radius 1 is 1.50 bits per heavy atom. The van der Waals surface area contributed by atoms with Crippen LogP contribution in [-0.2, 0) is 0 Å². The van der Waals surface area contributed by atoms with Gasteiger partial charge in [-0.15, -0.1) is 0 Å². The van der Waals surface area contributed by atoms with Crippen molar-refractivity contribution >= 4 is 34.3 Å². The molecule has 3 nitrogen and oxygen atoms in total. The molecular formula is C6H10IN3. The van der Waals surface area contributed by atoms with Crippen molar-refractivity contribution in [1.29, 1.82) is 0 Å². The molecule has 0 spiro atoms. The molecule has 0 saturated carbocycles. The van der Waals surface area contributed by atoms with Crippen LogP contribution in [-0.4, -0.2) is 27.8 Å². The molecule has 1 aliphatic rings. The molecule has 10 heavy (non-hydrogen) atoms. The Labute approximate surface area is 74.4 Å². The molecule has 0 fully saturated rings. The van der Waals surface area contributed by atoms with Gasteiger partial charge < -0.3 is 4.90 Å². The van der Waals surface area contributed by atoms with E-state index in [0.717, 1.165) is 11.7 Å². The van der Waals surface area contributed by atoms with E-state index in [9.17, 15) is 0 Å². The van der Waals surface area contributed by atoms with Crippen molar-refractivity contribution < 1.29 is 0 Å². The van der Waals surface area contributed by atoms with Gasteiger partial charge in [-0.25, -0.2) is 9.98 Å². The lowest BCUT2D eigenvalue weighted by molar-refractivity contribution is 0.493. The minimum Gasteiger partial charge on any atom is -0.333 e. The highest BCUT2D eigenvalue weighted by atomic mass is 127. The van der Waals surface area contributed by atoms with Gasteiger partial charge in [0.25, 0.3) is 0 Å². The number of nitrogens with zero attached hydrogens (tertiary/aromatic N) is 3. The van der Waals surface area contributed by atoms with Gasteiger partial charge in [0.2, 0.25) is 0 Å². The van der Waals surface area contributed by atoms with Gasteiger partial charge in [0, 0.05) is 7.05 Å². The van der Waals surface area contributed by atoms with Gasteiger partial charge in [-0.2, -0.15) is 0 Å². The molecular weight excluding hydrogens is 241 g/mol. The number of aliphatic imine (C=N–C) groups is 2. The van der Waals surface area contributed by atoms with Crippen molar-refractivity contribution in [1.82, 2.24) is 4.90 Å². The van der Waals surface area contributed by atoms with Crippen LogP contribution in [0.3, 0.4) is 0 Å². The van der Waals surface area contributed by atoms with E-state index in [1.807, 2.05) is 25.8 Å². The summed E-state index contributed by atoms with van der Waals surface area (Å²) in [6.45, 7) is 3.91. The quantitative estimate of drug-likeness (QED) is 0.364. The van der Waals surface area contributed by atoms with Crippen LogP contribution in [0.1, 0.15) is 13.8 Å². The summed E-state index contributed by atoms with van der Waals surface area (Å²) in [5, 5.41) is 0. The fourth-order valence-electron chi connectivity index (χ4n) is 0.737. The third-order valence-corrected chi connectivity index (χ3v) is 2.56. The zero-order valence-electron chi connectivity index (χ0n) is 6.30. The van der Waals surface area contributed by atoms with Gasteiger partial charge in [-0.3, -0.25) is 0 Å². The molecule has 1 atom stereocenters. The topological polar surface area (TPSA) is 28.0 Å². The highest BCUT2D eigenvalue weighted by Gasteiger charge is 2.14. The molecule has 1 heterocycles. The Hall–Kier alpha value is -0.130. The number of halogens is 1. The Bertz CT molecular complexity index is 197. The Morgan fingerprint density at radius 2 is 2.10 bits per heavy atom. The summed E-state index contributed by atoms with van der Waals surface area (Å²) in [6.07, 6.45) is 0. The molecule has 0 aromatic heterocycles. The van der Waals surface area contributed by atoms with Crippen molar-refractivity contribution in [2.24, 2.45) is 9.98 Å². The number of amidine groups is 2. The zero-order valence-corrected chi connectivity index (χ0v) is 8.45. The molecule has 1 unspecified atom stereocenters. The average Bonchev–Trinajstić information content (AvgIpc) is 1.82. The van der Waals surface area contributed by atoms with Crippen molar-refractivity contribution in [3.63, 3.8) is 0 Å². The third-order valence-electron chi connectivity index (χ3n) is 1.45. The molecule has 0 bridgehead atoms. The summed E-state index contributed by atoms with van der Waals surface area (Å²) in [4.78, 5) is 10.5. The first kappa shape index (κ1) is 7.97. The molecule has 0 aromatic carbocycles. The van der Waals surface area contributed by atoms with E-state index < -0.39 is 0 Å². The standard InChI is InChI=1S/C6H10IN3/c1-4-8-5(2)10(3)6(7)9-4/h6H,1-3H3. The average molecular weight is 251 g/mol. The van der Waals surface area contributed by atoms with Gasteiger partial charge in [0.1, 0.15) is 11.7 Å². The number of hydrogen-bond donors (Lipinski definition) is 0. The molecule has 0 radical (unpaired) electrons. The van der Waals surface area contributed by atoms with E-state index in [-0.39, 0.29) is 4.17 Å². The first-order valence-corrected chi connectivity index (χ1v) is 4.32. The maximum atomic E-state index is 4.26. The molecule has 56 valence electrons. The Balaban J connectivity index is 2.85. The van der Waals surface area contributed by atoms with Gasteiger partial charge in [0.15, 0.2) is 4.17 Å². The molecule has 1 aliphatic heterocycles. The fourth-order valence-corrected chi connectivity index (χ4v) is 1.54. The summed E-state index contributed by atoms with van der Waals surface area (Å²) in [5.74, 6) is 1.90. The molecule has 0 N–H and O–H groups in total. The van der Waals surface area contributed by atoms with Crippen LogP contribution >= 0.6 is 22.6 Å². The Morgan fingerprint density at radius 3 is 2.60 bits per heavy atom. The van der Waals surface area contributed by atoms with Crippen LogP contribution in [0.2, 0.25) is 0 Å². The lowest BCUT2D eigenvalue weighted by Gasteiger charge is -2.25. The zero-order chi connectivity index (χ0) is 7.72. The monoisotopic (exact) mass is 251 g/mol. The number of alkyl halides is 1. The predicted octanol–water partition coefficient (Wildman–Crippen LogP) is 1.49. The van der Waals surface area contributed by atoms with Gasteiger partial charge in [-0.1, -0.05) is 0 Å². The number of rotatable bonds is 0. The smallest absolute Gasteiger partial charge is 0.176 e. The van der Waals surface area contributed by atoms with E-state index in [0.29, 0.717) is 0 Å². The van der Waals surface area contributed by atoms with Crippen LogP contribution in [0, 0.1) is 0 Å². The molecule has 1 rings (SSSR count). The first-order chi connectivity index (χ1) is 4.61. The summed E-state index contributed by atoms with van der Waals surface area (Å²) < 4.78 is 0.218. The van der Waals surface area contributed by atoms with Crippen molar-refractivity contribution in [2.75, 3.05) is 7.05 Å². The molecule has 0 aliphatic carbocycles. The lowest BCUT2D eigenvalue weighted by Crippen LogP contribution is -2.34. The summed E-state index contributed by atoms with van der Waals surface area (Å²) in [7, 11) is 1.99. The minimum absolute atomic E-state index is 0.218. The predicted molar refractivity (Wildman–Crippen MR) is 51.8 cm³/mol. The van der Waals surface area contributed by atoms with E-state index in [2.05, 4.69) is 32.6 Å². The maximum Gasteiger partial charge on any atom is 0.176 e. The fraction of sp³-hybridized carbons (Fsp3) is 0.667. The van der Waals surface area contributed by atoms with E-state index >= 15 is 0 Å². The lowest BCUT2D eigenvalue weighted by atomic mass is 10.5. The highest BCUT2D eigenvalue weighted by Crippen LogP contribution is 2.12. The van der Waals surface area contributed by atoms with Crippen LogP contribution in [0.5, 0.6) is 0 Å². The van der Waals surface area contributed by atoms with Crippen molar-refractivity contribution in [3.8, 4) is 0 Å². The molecule has 4 heteroatoms. The Kier molecular flexibility index (Phi) is 2.28. The second-order valence-corrected chi connectivity index (χ2v) is 3.37. The van der Waals surface area contributed by atoms with E-state index in [1.165, 1.54) is 0 Å². The van der Waals surface area contributed by atoms with Crippen LogP contribution < -0.4 is 0 Å².